The molecule has 0 bridgehead atoms. The molecule has 0 heterocycles. The number of alkyl halides is 3. The van der Waals surface area contributed by atoms with E-state index >= 15 is 0 Å². The van der Waals surface area contributed by atoms with Crippen molar-refractivity contribution in [3.05, 3.63) is 0 Å². The van der Waals surface area contributed by atoms with Crippen LogP contribution in [0.4, 0.5) is 13.2 Å². The smallest absolute Gasteiger partial charge is 0.340 e. The van der Waals surface area contributed by atoms with Crippen molar-refractivity contribution in [3.63, 3.8) is 0 Å². The van der Waals surface area contributed by atoms with E-state index in [1.807, 2.05) is 19.9 Å². The van der Waals surface area contributed by atoms with E-state index in [1.54, 1.807) is 0 Å². The van der Waals surface area contributed by atoms with Gasteiger partial charge in [-0.25, -0.2) is 0 Å². The van der Waals surface area contributed by atoms with Gasteiger partial charge in [-0.15, -0.1) is 0 Å². The second-order valence-corrected chi connectivity index (χ2v) is 4.36. The van der Waals surface area contributed by atoms with Crippen molar-refractivity contribution in [2.75, 3.05) is 26.2 Å². The highest BCUT2D eigenvalue weighted by Gasteiger charge is 2.27. The van der Waals surface area contributed by atoms with E-state index in [1.165, 1.54) is 4.90 Å². The topological polar surface area (TPSA) is 56.1 Å². The lowest BCUT2D eigenvalue weighted by Gasteiger charge is -2.24. The van der Waals surface area contributed by atoms with Crippen LogP contribution in [0.1, 0.15) is 20.3 Å². The Hall–Kier alpha value is -1.29. The molecule has 0 aromatic heterocycles. The Bertz CT molecular complexity index is 297. The minimum atomic E-state index is -4.32. The maximum atomic E-state index is 11.9. The normalized spacial score (nSPS) is 11.4. The third-order valence-electron chi connectivity index (χ3n) is 2.03. The molecular formula is C11H18F3N3O. The highest BCUT2D eigenvalue weighted by molar-refractivity contribution is 5.78. The molecule has 0 saturated carbocycles. The second kappa shape index (κ2) is 7.93. The first kappa shape index (κ1) is 16.7. The number of hydrogen-bond donors (Lipinski definition) is 1. The van der Waals surface area contributed by atoms with Crippen molar-refractivity contribution >= 4 is 5.91 Å². The number of halogens is 3. The Morgan fingerprint density at radius 2 is 2.06 bits per heavy atom. The van der Waals surface area contributed by atoms with Gasteiger partial charge < -0.3 is 10.2 Å². The first-order chi connectivity index (χ1) is 8.26. The number of rotatable bonds is 7. The quantitative estimate of drug-likeness (QED) is 0.759. The summed E-state index contributed by atoms with van der Waals surface area (Å²) >= 11 is 0. The Morgan fingerprint density at radius 3 is 2.50 bits per heavy atom. The molecule has 0 radical (unpaired) electrons. The van der Waals surface area contributed by atoms with Gasteiger partial charge in [0.25, 0.3) is 0 Å². The summed E-state index contributed by atoms with van der Waals surface area (Å²) in [5.74, 6) is -0.210. The molecule has 4 nitrogen and oxygen atoms in total. The lowest BCUT2D eigenvalue weighted by Crippen LogP contribution is -2.42. The highest BCUT2D eigenvalue weighted by Crippen LogP contribution is 2.12. The predicted octanol–water partition coefficient (Wildman–Crippen LogP) is 1.54. The molecule has 0 aliphatic rings. The molecule has 0 aliphatic heterocycles. The molecular weight excluding hydrogens is 247 g/mol. The fraction of sp³-hybridized carbons (Fsp3) is 0.818. The van der Waals surface area contributed by atoms with Gasteiger partial charge in [0.15, 0.2) is 0 Å². The third-order valence-corrected chi connectivity index (χ3v) is 2.03. The number of carbonyl (C=O) groups excluding carboxylic acids is 1. The lowest BCUT2D eigenvalue weighted by atomic mass is 10.2. The maximum Gasteiger partial charge on any atom is 0.401 e. The van der Waals surface area contributed by atoms with Gasteiger partial charge in [0.2, 0.25) is 5.91 Å². The van der Waals surface area contributed by atoms with E-state index in [4.69, 9.17) is 5.26 Å². The van der Waals surface area contributed by atoms with Gasteiger partial charge in [-0.1, -0.05) is 13.8 Å². The van der Waals surface area contributed by atoms with Gasteiger partial charge in [-0.05, 0) is 5.92 Å². The van der Waals surface area contributed by atoms with Crippen molar-refractivity contribution in [2.45, 2.75) is 26.4 Å². The number of nitriles is 1. The molecule has 1 N–H and O–H groups in total. The Kier molecular flexibility index (Phi) is 7.36. The van der Waals surface area contributed by atoms with E-state index in [9.17, 15) is 18.0 Å². The average molecular weight is 265 g/mol. The standard InChI is InChI=1S/C11H18F3N3O/c1-9(2)7-17(5-3-4-15)10(18)6-16-8-11(12,13)14/h9,16H,3,5-8H2,1-2H3. The molecule has 0 unspecified atom stereocenters. The van der Waals surface area contributed by atoms with E-state index < -0.39 is 18.6 Å². The second-order valence-electron chi connectivity index (χ2n) is 4.36. The van der Waals surface area contributed by atoms with Crippen LogP contribution in [0.2, 0.25) is 0 Å². The van der Waals surface area contributed by atoms with Gasteiger partial charge >= 0.3 is 6.18 Å². The first-order valence-corrected chi connectivity index (χ1v) is 5.68. The number of nitrogens with one attached hydrogen (secondary N) is 1. The summed E-state index contributed by atoms with van der Waals surface area (Å²) in [6, 6.07) is 1.91. The molecule has 18 heavy (non-hydrogen) atoms. The zero-order valence-electron chi connectivity index (χ0n) is 10.5. The molecule has 7 heteroatoms. The van der Waals surface area contributed by atoms with Crippen LogP contribution in [-0.4, -0.2) is 43.2 Å². The Labute approximate surface area is 105 Å². The van der Waals surface area contributed by atoms with Crippen molar-refractivity contribution in [1.82, 2.24) is 10.2 Å². The Balaban J connectivity index is 4.16. The van der Waals surface area contributed by atoms with E-state index in [0.717, 1.165) is 0 Å². The monoisotopic (exact) mass is 265 g/mol. The number of carbonyl (C=O) groups is 1. The van der Waals surface area contributed by atoms with Crippen LogP contribution < -0.4 is 5.32 Å². The summed E-state index contributed by atoms with van der Waals surface area (Å²) < 4.78 is 35.7. The SMILES string of the molecule is CC(C)CN(CCC#N)C(=O)CNCC(F)(F)F. The fourth-order valence-corrected chi connectivity index (χ4v) is 1.37. The van der Waals surface area contributed by atoms with E-state index in [0.29, 0.717) is 6.54 Å². The van der Waals surface area contributed by atoms with Crippen LogP contribution in [0.25, 0.3) is 0 Å². The van der Waals surface area contributed by atoms with Gasteiger partial charge in [0.1, 0.15) is 0 Å². The highest BCUT2D eigenvalue weighted by atomic mass is 19.4. The molecule has 0 aromatic rings. The van der Waals surface area contributed by atoms with Crippen molar-refractivity contribution < 1.29 is 18.0 Å². The molecule has 0 rings (SSSR count). The van der Waals surface area contributed by atoms with Crippen LogP contribution in [0.15, 0.2) is 0 Å². The summed E-state index contributed by atoms with van der Waals surface area (Å²) in [5, 5.41) is 10.5. The minimum absolute atomic E-state index is 0.178. The summed E-state index contributed by atoms with van der Waals surface area (Å²) in [5.41, 5.74) is 0. The van der Waals surface area contributed by atoms with Crippen LogP contribution in [0.5, 0.6) is 0 Å². The first-order valence-electron chi connectivity index (χ1n) is 5.68. The van der Waals surface area contributed by atoms with Gasteiger partial charge in [-0.3, -0.25) is 4.79 Å². The van der Waals surface area contributed by atoms with E-state index in [-0.39, 0.29) is 25.4 Å². The number of hydrogen-bond acceptors (Lipinski definition) is 3. The van der Waals surface area contributed by atoms with Crippen molar-refractivity contribution in [2.24, 2.45) is 5.92 Å². The van der Waals surface area contributed by atoms with E-state index in [2.05, 4.69) is 5.32 Å². The molecule has 0 fully saturated rings. The van der Waals surface area contributed by atoms with Gasteiger partial charge in [0.05, 0.1) is 25.6 Å². The van der Waals surface area contributed by atoms with Crippen LogP contribution in [0, 0.1) is 17.2 Å². The number of nitrogens with zero attached hydrogens (tertiary/aromatic N) is 2. The summed E-state index contributed by atoms with van der Waals surface area (Å²) in [6.45, 7) is 2.94. The minimum Gasteiger partial charge on any atom is -0.340 e. The lowest BCUT2D eigenvalue weighted by molar-refractivity contribution is -0.134. The average Bonchev–Trinajstić information content (AvgIpc) is 2.21. The predicted molar refractivity (Wildman–Crippen MR) is 60.6 cm³/mol. The molecule has 1 amide bonds. The molecule has 104 valence electrons. The molecule has 0 atom stereocenters. The summed E-state index contributed by atoms with van der Waals surface area (Å²) in [7, 11) is 0. The third kappa shape index (κ3) is 8.82. The molecule has 0 aliphatic carbocycles. The largest absolute Gasteiger partial charge is 0.401 e. The van der Waals surface area contributed by atoms with Gasteiger partial charge in [0, 0.05) is 13.1 Å². The Morgan fingerprint density at radius 1 is 1.44 bits per heavy atom. The van der Waals surface area contributed by atoms with Crippen molar-refractivity contribution in [3.8, 4) is 6.07 Å². The van der Waals surface area contributed by atoms with Crippen LogP contribution in [-0.2, 0) is 4.79 Å². The number of amides is 1. The zero-order chi connectivity index (χ0) is 14.2. The molecule has 0 saturated heterocycles. The molecule has 0 aromatic carbocycles. The summed E-state index contributed by atoms with van der Waals surface area (Å²) in [4.78, 5) is 13.1. The fourth-order valence-electron chi connectivity index (χ4n) is 1.37. The molecule has 0 spiro atoms. The summed E-state index contributed by atoms with van der Waals surface area (Å²) in [6.07, 6.45) is -4.15. The zero-order valence-corrected chi connectivity index (χ0v) is 10.5. The van der Waals surface area contributed by atoms with Gasteiger partial charge in [-0.2, -0.15) is 18.4 Å². The van der Waals surface area contributed by atoms with Crippen LogP contribution >= 0.6 is 0 Å². The van der Waals surface area contributed by atoms with Crippen molar-refractivity contribution in [1.29, 1.82) is 5.26 Å². The maximum absolute atomic E-state index is 11.9. The van der Waals surface area contributed by atoms with Crippen LogP contribution in [0.3, 0.4) is 0 Å².